The quantitative estimate of drug-likeness (QED) is 0.883. The maximum Gasteiger partial charge on any atom is 0.238 e. The summed E-state index contributed by atoms with van der Waals surface area (Å²) in [5, 5.41) is 6.14. The molecule has 1 amide bonds. The van der Waals surface area contributed by atoms with E-state index in [4.69, 9.17) is 0 Å². The number of nitrogens with one attached hydrogen (secondary N) is 2. The molecule has 2 N–H and O–H groups in total. The van der Waals surface area contributed by atoms with Crippen LogP contribution in [0.1, 0.15) is 22.3 Å². The van der Waals surface area contributed by atoms with Crippen LogP contribution < -0.4 is 10.6 Å². The lowest BCUT2D eigenvalue weighted by Crippen LogP contribution is -2.28. The van der Waals surface area contributed by atoms with Gasteiger partial charge in [-0.1, -0.05) is 36.4 Å². The van der Waals surface area contributed by atoms with E-state index < -0.39 is 0 Å². The molecule has 2 aromatic carbocycles. The van der Waals surface area contributed by atoms with Crippen molar-refractivity contribution in [2.75, 3.05) is 11.9 Å². The standard InChI is InChI=1S/C18H22N2O/c1-13-8-6-10-17(15(13)3)20-18(21)12-19-11-16-9-5-4-7-14(16)2/h4-10,19H,11-12H2,1-3H3,(H,20,21). The van der Waals surface area contributed by atoms with Gasteiger partial charge in [0.25, 0.3) is 0 Å². The van der Waals surface area contributed by atoms with E-state index in [2.05, 4.69) is 29.7 Å². The molecule has 3 nitrogen and oxygen atoms in total. The molecule has 110 valence electrons. The second-order valence-electron chi connectivity index (χ2n) is 5.33. The van der Waals surface area contributed by atoms with Gasteiger partial charge in [-0.05, 0) is 49.1 Å². The number of carbonyl (C=O) groups is 1. The Morgan fingerprint density at radius 3 is 2.43 bits per heavy atom. The van der Waals surface area contributed by atoms with Gasteiger partial charge < -0.3 is 10.6 Å². The van der Waals surface area contributed by atoms with E-state index in [-0.39, 0.29) is 5.91 Å². The van der Waals surface area contributed by atoms with Gasteiger partial charge in [0.15, 0.2) is 0 Å². The van der Waals surface area contributed by atoms with Crippen LogP contribution in [-0.2, 0) is 11.3 Å². The van der Waals surface area contributed by atoms with Crippen LogP contribution in [0.4, 0.5) is 5.69 Å². The lowest BCUT2D eigenvalue weighted by Gasteiger charge is -2.11. The fraction of sp³-hybridized carbons (Fsp3) is 0.278. The SMILES string of the molecule is Cc1ccccc1CNCC(=O)Nc1cccc(C)c1C. The normalized spacial score (nSPS) is 10.4. The Morgan fingerprint density at radius 2 is 1.67 bits per heavy atom. The lowest BCUT2D eigenvalue weighted by atomic mass is 10.1. The van der Waals surface area contributed by atoms with Gasteiger partial charge >= 0.3 is 0 Å². The first kappa shape index (κ1) is 15.3. The molecule has 0 saturated heterocycles. The van der Waals surface area contributed by atoms with Crippen molar-refractivity contribution in [2.45, 2.75) is 27.3 Å². The molecule has 0 bridgehead atoms. The zero-order chi connectivity index (χ0) is 15.2. The maximum atomic E-state index is 12.0. The van der Waals surface area contributed by atoms with Crippen molar-refractivity contribution in [3.8, 4) is 0 Å². The summed E-state index contributed by atoms with van der Waals surface area (Å²) in [6.45, 7) is 7.15. The van der Waals surface area contributed by atoms with Crippen LogP contribution in [0.2, 0.25) is 0 Å². The summed E-state index contributed by atoms with van der Waals surface area (Å²) in [7, 11) is 0. The van der Waals surface area contributed by atoms with E-state index in [1.807, 2.05) is 44.2 Å². The Hall–Kier alpha value is -2.13. The summed E-state index contributed by atoms with van der Waals surface area (Å²) >= 11 is 0. The van der Waals surface area contributed by atoms with Gasteiger partial charge in [0.2, 0.25) is 5.91 Å². The summed E-state index contributed by atoms with van der Waals surface area (Å²) in [6.07, 6.45) is 0. The molecule has 2 rings (SSSR count). The Bertz CT molecular complexity index is 635. The summed E-state index contributed by atoms with van der Waals surface area (Å²) in [5.41, 5.74) is 5.64. The topological polar surface area (TPSA) is 41.1 Å². The number of amides is 1. The molecule has 0 fully saturated rings. The highest BCUT2D eigenvalue weighted by molar-refractivity contribution is 5.93. The third-order valence-electron chi connectivity index (χ3n) is 3.74. The highest BCUT2D eigenvalue weighted by Crippen LogP contribution is 2.17. The molecule has 0 aliphatic rings. The summed E-state index contributed by atoms with van der Waals surface area (Å²) < 4.78 is 0. The van der Waals surface area contributed by atoms with Crippen LogP contribution in [0.3, 0.4) is 0 Å². The van der Waals surface area contributed by atoms with Crippen molar-refractivity contribution in [2.24, 2.45) is 0 Å². The van der Waals surface area contributed by atoms with Gasteiger partial charge in [0.1, 0.15) is 0 Å². The molecular formula is C18H22N2O. The molecule has 2 aromatic rings. The predicted octanol–water partition coefficient (Wildman–Crippen LogP) is 3.34. The summed E-state index contributed by atoms with van der Waals surface area (Å²) in [5.74, 6) is -0.0164. The van der Waals surface area contributed by atoms with Crippen molar-refractivity contribution in [1.29, 1.82) is 0 Å². The zero-order valence-corrected chi connectivity index (χ0v) is 12.9. The Balaban J connectivity index is 1.85. The molecule has 3 heteroatoms. The zero-order valence-electron chi connectivity index (χ0n) is 12.9. The predicted molar refractivity (Wildman–Crippen MR) is 87.4 cm³/mol. The molecule has 0 aromatic heterocycles. The number of benzene rings is 2. The molecule has 0 aliphatic heterocycles. The first-order chi connectivity index (χ1) is 10.1. The molecule has 0 heterocycles. The Morgan fingerprint density at radius 1 is 0.952 bits per heavy atom. The molecule has 0 spiro atoms. The number of anilines is 1. The maximum absolute atomic E-state index is 12.0. The molecular weight excluding hydrogens is 260 g/mol. The van der Waals surface area contributed by atoms with Gasteiger partial charge in [-0.15, -0.1) is 0 Å². The third-order valence-corrected chi connectivity index (χ3v) is 3.74. The van der Waals surface area contributed by atoms with E-state index >= 15 is 0 Å². The van der Waals surface area contributed by atoms with E-state index in [1.54, 1.807) is 0 Å². The Labute approximate surface area is 126 Å². The number of aryl methyl sites for hydroxylation is 2. The lowest BCUT2D eigenvalue weighted by molar-refractivity contribution is -0.115. The minimum Gasteiger partial charge on any atom is -0.325 e. The average molecular weight is 282 g/mol. The van der Waals surface area contributed by atoms with Crippen molar-refractivity contribution in [1.82, 2.24) is 5.32 Å². The van der Waals surface area contributed by atoms with Gasteiger partial charge in [0.05, 0.1) is 6.54 Å². The van der Waals surface area contributed by atoms with Crippen molar-refractivity contribution in [3.63, 3.8) is 0 Å². The first-order valence-corrected chi connectivity index (χ1v) is 7.19. The summed E-state index contributed by atoms with van der Waals surface area (Å²) in [6, 6.07) is 14.1. The van der Waals surface area contributed by atoms with Crippen molar-refractivity contribution >= 4 is 11.6 Å². The molecule has 0 saturated carbocycles. The van der Waals surface area contributed by atoms with Crippen LogP contribution in [0.25, 0.3) is 0 Å². The van der Waals surface area contributed by atoms with Gasteiger partial charge in [-0.3, -0.25) is 4.79 Å². The van der Waals surface area contributed by atoms with Crippen molar-refractivity contribution in [3.05, 3.63) is 64.7 Å². The van der Waals surface area contributed by atoms with Crippen molar-refractivity contribution < 1.29 is 4.79 Å². The molecule has 0 aliphatic carbocycles. The monoisotopic (exact) mass is 282 g/mol. The highest BCUT2D eigenvalue weighted by atomic mass is 16.1. The van der Waals surface area contributed by atoms with Gasteiger partial charge in [-0.2, -0.15) is 0 Å². The van der Waals surface area contributed by atoms with Gasteiger partial charge in [-0.25, -0.2) is 0 Å². The first-order valence-electron chi connectivity index (χ1n) is 7.19. The van der Waals surface area contributed by atoms with E-state index in [1.165, 1.54) is 16.7 Å². The fourth-order valence-electron chi connectivity index (χ4n) is 2.20. The van der Waals surface area contributed by atoms with Crippen LogP contribution in [0.15, 0.2) is 42.5 Å². The molecule has 0 atom stereocenters. The largest absolute Gasteiger partial charge is 0.325 e. The molecule has 0 radical (unpaired) electrons. The Kier molecular flexibility index (Phi) is 5.12. The number of hydrogen-bond donors (Lipinski definition) is 2. The molecule has 21 heavy (non-hydrogen) atoms. The van der Waals surface area contributed by atoms with Crippen LogP contribution in [0, 0.1) is 20.8 Å². The average Bonchev–Trinajstić information content (AvgIpc) is 2.46. The second-order valence-corrected chi connectivity index (χ2v) is 5.33. The molecule has 0 unspecified atom stereocenters. The van der Waals surface area contributed by atoms with Crippen LogP contribution >= 0.6 is 0 Å². The minimum atomic E-state index is -0.0164. The van der Waals surface area contributed by atoms with Gasteiger partial charge in [0, 0.05) is 12.2 Å². The second kappa shape index (κ2) is 7.04. The smallest absolute Gasteiger partial charge is 0.238 e. The number of hydrogen-bond acceptors (Lipinski definition) is 2. The summed E-state index contributed by atoms with van der Waals surface area (Å²) in [4.78, 5) is 12.0. The fourth-order valence-corrected chi connectivity index (χ4v) is 2.20. The van der Waals surface area contributed by atoms with Crippen LogP contribution in [-0.4, -0.2) is 12.5 Å². The van der Waals surface area contributed by atoms with E-state index in [0.29, 0.717) is 13.1 Å². The van der Waals surface area contributed by atoms with E-state index in [9.17, 15) is 4.79 Å². The van der Waals surface area contributed by atoms with Crippen LogP contribution in [0.5, 0.6) is 0 Å². The number of rotatable bonds is 5. The third kappa shape index (κ3) is 4.17. The van der Waals surface area contributed by atoms with E-state index in [0.717, 1.165) is 11.3 Å². The minimum absolute atomic E-state index is 0.0164. The number of carbonyl (C=O) groups excluding carboxylic acids is 1. The highest BCUT2D eigenvalue weighted by Gasteiger charge is 2.06.